The molecule has 0 aliphatic carbocycles. The number of hydrogen-bond acceptors (Lipinski definition) is 7. The SMILES string of the molecule is COC(=O)COc1cccc2c(CCSC(c3ccc(OC)cc3)c3ccc(OC)cc3)coc12. The minimum Gasteiger partial charge on any atom is -0.497 e. The zero-order valence-corrected chi connectivity index (χ0v) is 20.8. The molecular weight excluding hydrogens is 464 g/mol. The Morgan fingerprint density at radius 1 is 0.886 bits per heavy atom. The molecule has 0 atom stereocenters. The van der Waals surface area contributed by atoms with Gasteiger partial charge in [0.15, 0.2) is 17.9 Å². The smallest absolute Gasteiger partial charge is 0.343 e. The highest BCUT2D eigenvalue weighted by atomic mass is 32.2. The molecule has 4 aromatic rings. The Morgan fingerprint density at radius 3 is 2.09 bits per heavy atom. The lowest BCUT2D eigenvalue weighted by Crippen LogP contribution is -2.12. The van der Waals surface area contributed by atoms with E-state index in [2.05, 4.69) is 29.0 Å². The molecule has 0 unspecified atom stereocenters. The van der Waals surface area contributed by atoms with Gasteiger partial charge in [-0.05, 0) is 59.2 Å². The first kappa shape index (κ1) is 24.5. The van der Waals surface area contributed by atoms with E-state index in [0.29, 0.717) is 11.3 Å². The van der Waals surface area contributed by atoms with Crippen LogP contribution in [0.1, 0.15) is 21.9 Å². The number of carbonyl (C=O) groups is 1. The van der Waals surface area contributed by atoms with Crippen molar-refractivity contribution in [3.8, 4) is 17.2 Å². The van der Waals surface area contributed by atoms with E-state index in [-0.39, 0.29) is 11.9 Å². The topological polar surface area (TPSA) is 67.1 Å². The van der Waals surface area contributed by atoms with E-state index in [0.717, 1.165) is 34.6 Å². The second kappa shape index (κ2) is 11.7. The van der Waals surface area contributed by atoms with Crippen molar-refractivity contribution in [3.05, 3.63) is 89.7 Å². The van der Waals surface area contributed by atoms with Crippen LogP contribution in [-0.4, -0.2) is 39.7 Å². The number of hydrogen-bond donors (Lipinski definition) is 0. The lowest BCUT2D eigenvalue weighted by Gasteiger charge is -2.18. The van der Waals surface area contributed by atoms with Crippen LogP contribution in [0.2, 0.25) is 0 Å². The number of benzene rings is 3. The van der Waals surface area contributed by atoms with E-state index >= 15 is 0 Å². The van der Waals surface area contributed by atoms with Crippen molar-refractivity contribution in [2.45, 2.75) is 11.7 Å². The summed E-state index contributed by atoms with van der Waals surface area (Å²) >= 11 is 1.87. The van der Waals surface area contributed by atoms with Crippen molar-refractivity contribution < 1.29 is 28.2 Å². The molecule has 0 fully saturated rings. The number of ether oxygens (including phenoxy) is 4. The summed E-state index contributed by atoms with van der Waals surface area (Å²) in [5, 5.41) is 1.14. The third-order valence-corrected chi connectivity index (χ3v) is 7.03. The van der Waals surface area contributed by atoms with Crippen LogP contribution in [0.25, 0.3) is 11.0 Å². The number of esters is 1. The van der Waals surface area contributed by atoms with Gasteiger partial charge in [-0.25, -0.2) is 4.79 Å². The summed E-state index contributed by atoms with van der Waals surface area (Å²) in [6, 6.07) is 22.1. The highest BCUT2D eigenvalue weighted by Crippen LogP contribution is 2.38. The van der Waals surface area contributed by atoms with Crippen molar-refractivity contribution in [2.75, 3.05) is 33.7 Å². The minimum atomic E-state index is -0.437. The normalized spacial score (nSPS) is 11.0. The van der Waals surface area contributed by atoms with E-state index in [4.69, 9.17) is 18.6 Å². The fourth-order valence-corrected chi connectivity index (χ4v) is 5.09. The molecule has 1 aromatic heterocycles. The first-order valence-electron chi connectivity index (χ1n) is 11.2. The first-order chi connectivity index (χ1) is 17.1. The summed E-state index contributed by atoms with van der Waals surface area (Å²) in [5.74, 6) is 2.64. The van der Waals surface area contributed by atoms with Gasteiger partial charge in [0.25, 0.3) is 0 Å². The van der Waals surface area contributed by atoms with Gasteiger partial charge in [0.2, 0.25) is 0 Å². The fourth-order valence-electron chi connectivity index (χ4n) is 3.82. The number of rotatable bonds is 11. The average molecular weight is 493 g/mol. The van der Waals surface area contributed by atoms with Gasteiger partial charge in [-0.15, -0.1) is 11.8 Å². The van der Waals surface area contributed by atoms with Gasteiger partial charge in [0, 0.05) is 5.39 Å². The fraction of sp³-hybridized carbons (Fsp3) is 0.250. The third kappa shape index (κ3) is 5.92. The van der Waals surface area contributed by atoms with Crippen LogP contribution >= 0.6 is 11.8 Å². The van der Waals surface area contributed by atoms with Gasteiger partial charge in [-0.3, -0.25) is 0 Å². The number of carbonyl (C=O) groups excluding carboxylic acids is 1. The molecule has 0 N–H and O–H groups in total. The summed E-state index contributed by atoms with van der Waals surface area (Å²) < 4.78 is 26.7. The molecule has 182 valence electrons. The highest BCUT2D eigenvalue weighted by molar-refractivity contribution is 7.99. The monoisotopic (exact) mass is 492 g/mol. The van der Waals surface area contributed by atoms with Crippen LogP contribution in [0.15, 0.2) is 77.4 Å². The number of aryl methyl sites for hydroxylation is 1. The second-order valence-corrected chi connectivity index (χ2v) is 9.02. The van der Waals surface area contributed by atoms with Crippen molar-refractivity contribution in [2.24, 2.45) is 0 Å². The quantitative estimate of drug-likeness (QED) is 0.236. The average Bonchev–Trinajstić information content (AvgIpc) is 3.33. The molecule has 4 rings (SSSR count). The molecule has 0 saturated heterocycles. The van der Waals surface area contributed by atoms with E-state index in [1.54, 1.807) is 26.5 Å². The third-order valence-electron chi connectivity index (χ3n) is 5.71. The molecule has 1 heterocycles. The van der Waals surface area contributed by atoms with Crippen LogP contribution in [0, 0.1) is 0 Å². The summed E-state index contributed by atoms with van der Waals surface area (Å²) in [7, 11) is 4.68. The Morgan fingerprint density at radius 2 is 1.51 bits per heavy atom. The number of para-hydroxylation sites is 1. The van der Waals surface area contributed by atoms with Gasteiger partial charge >= 0.3 is 5.97 Å². The maximum absolute atomic E-state index is 11.4. The lowest BCUT2D eigenvalue weighted by molar-refractivity contribution is -0.142. The molecule has 6 nitrogen and oxygen atoms in total. The first-order valence-corrected chi connectivity index (χ1v) is 12.3. The van der Waals surface area contributed by atoms with Gasteiger partial charge in [0.1, 0.15) is 11.5 Å². The molecule has 0 aliphatic rings. The van der Waals surface area contributed by atoms with Gasteiger partial charge in [-0.1, -0.05) is 36.4 Å². The molecule has 0 amide bonds. The van der Waals surface area contributed by atoms with E-state index in [9.17, 15) is 4.79 Å². The van der Waals surface area contributed by atoms with E-state index in [1.807, 2.05) is 48.2 Å². The highest BCUT2D eigenvalue weighted by Gasteiger charge is 2.17. The predicted molar refractivity (Wildman–Crippen MR) is 138 cm³/mol. The van der Waals surface area contributed by atoms with Crippen molar-refractivity contribution in [3.63, 3.8) is 0 Å². The van der Waals surface area contributed by atoms with Crippen molar-refractivity contribution in [1.82, 2.24) is 0 Å². The predicted octanol–water partition coefficient (Wildman–Crippen LogP) is 6.07. The van der Waals surface area contributed by atoms with Crippen molar-refractivity contribution >= 4 is 28.7 Å². The Balaban J connectivity index is 1.50. The summed E-state index contributed by atoms with van der Waals surface area (Å²) in [5.41, 5.74) is 4.14. The molecule has 7 heteroatoms. The van der Waals surface area contributed by atoms with Crippen LogP contribution in [0.5, 0.6) is 17.2 Å². The van der Waals surface area contributed by atoms with Gasteiger partial charge in [0.05, 0.1) is 32.8 Å². The standard InChI is InChI=1S/C28H28O6S/c1-30-22-11-7-19(8-12-22)28(20-9-13-23(31-2)14-10-20)35-16-15-21-17-34-27-24(21)5-4-6-25(27)33-18-26(29)32-3/h4-14,17,28H,15-16,18H2,1-3H3. The number of furan rings is 1. The molecule has 0 spiro atoms. The zero-order chi connectivity index (χ0) is 24.6. The Labute approximate surface area is 209 Å². The molecule has 0 saturated carbocycles. The Bertz CT molecular complexity index is 1200. The Kier molecular flexibility index (Phi) is 8.21. The molecule has 3 aromatic carbocycles. The maximum Gasteiger partial charge on any atom is 0.343 e. The van der Waals surface area contributed by atoms with E-state index in [1.165, 1.54) is 18.2 Å². The summed E-state index contributed by atoms with van der Waals surface area (Å²) in [6.07, 6.45) is 2.59. The van der Waals surface area contributed by atoms with Crippen LogP contribution in [0.3, 0.4) is 0 Å². The lowest BCUT2D eigenvalue weighted by atomic mass is 10.0. The molecule has 0 bridgehead atoms. The number of fused-ring (bicyclic) bond motifs is 1. The molecular formula is C28H28O6S. The van der Waals surface area contributed by atoms with Crippen LogP contribution in [-0.2, 0) is 16.0 Å². The Hall–Kier alpha value is -3.58. The summed E-state index contributed by atoms with van der Waals surface area (Å²) in [4.78, 5) is 11.4. The zero-order valence-electron chi connectivity index (χ0n) is 20.0. The molecule has 35 heavy (non-hydrogen) atoms. The molecule has 0 radical (unpaired) electrons. The number of thioether (sulfide) groups is 1. The van der Waals surface area contributed by atoms with Gasteiger partial charge in [-0.2, -0.15) is 0 Å². The second-order valence-electron chi connectivity index (χ2n) is 7.81. The largest absolute Gasteiger partial charge is 0.497 e. The van der Waals surface area contributed by atoms with Crippen LogP contribution in [0.4, 0.5) is 0 Å². The number of methoxy groups -OCH3 is 3. The minimum absolute atomic E-state index is 0.156. The van der Waals surface area contributed by atoms with Crippen LogP contribution < -0.4 is 14.2 Å². The van der Waals surface area contributed by atoms with E-state index < -0.39 is 5.97 Å². The van der Waals surface area contributed by atoms with Gasteiger partial charge < -0.3 is 23.4 Å². The summed E-state index contributed by atoms with van der Waals surface area (Å²) in [6.45, 7) is -0.160. The molecule has 0 aliphatic heterocycles. The van der Waals surface area contributed by atoms with Crippen molar-refractivity contribution in [1.29, 1.82) is 0 Å². The maximum atomic E-state index is 11.4.